The first-order valence-electron chi connectivity index (χ1n) is 5.49. The van der Waals surface area contributed by atoms with Crippen LogP contribution >= 0.6 is 0 Å². The number of carboxylic acid groups (broad SMARTS) is 2. The van der Waals surface area contributed by atoms with Crippen molar-refractivity contribution in [3.63, 3.8) is 0 Å². The third-order valence-corrected chi connectivity index (χ3v) is 2.57. The Kier molecular flexibility index (Phi) is 3.47. The van der Waals surface area contributed by atoms with Crippen LogP contribution in [0.1, 0.15) is 20.7 Å². The molecule has 0 unspecified atom stereocenters. The Bertz CT molecular complexity index is 581. The first-order valence-corrected chi connectivity index (χ1v) is 5.49. The van der Waals surface area contributed by atoms with E-state index in [0.29, 0.717) is 5.69 Å². The van der Waals surface area contributed by atoms with E-state index in [1.165, 1.54) is 12.1 Å². The lowest BCUT2D eigenvalue weighted by atomic mass is 10.1. The van der Waals surface area contributed by atoms with Crippen molar-refractivity contribution >= 4 is 23.3 Å². The molecular weight excluding hydrogens is 246 g/mol. The van der Waals surface area contributed by atoms with Crippen molar-refractivity contribution in [3.8, 4) is 0 Å². The highest BCUT2D eigenvalue weighted by Gasteiger charge is 2.10. The van der Waals surface area contributed by atoms with Gasteiger partial charge in [0.2, 0.25) is 0 Å². The van der Waals surface area contributed by atoms with Crippen LogP contribution in [0.25, 0.3) is 0 Å². The number of aromatic carboxylic acids is 2. The van der Waals surface area contributed by atoms with E-state index < -0.39 is 11.9 Å². The van der Waals surface area contributed by atoms with Crippen LogP contribution in [0.3, 0.4) is 0 Å². The molecule has 2 aromatic rings. The molecule has 0 spiro atoms. The van der Waals surface area contributed by atoms with Crippen molar-refractivity contribution in [2.24, 2.45) is 0 Å². The van der Waals surface area contributed by atoms with Crippen molar-refractivity contribution in [3.05, 3.63) is 59.7 Å². The molecule has 2 rings (SSSR count). The number of hydrogen-bond donors (Lipinski definition) is 2. The van der Waals surface area contributed by atoms with Crippen LogP contribution in [-0.2, 0) is 0 Å². The minimum Gasteiger partial charge on any atom is -0.545 e. The Morgan fingerprint density at radius 3 is 1.89 bits per heavy atom. The molecule has 0 aliphatic rings. The zero-order valence-corrected chi connectivity index (χ0v) is 9.79. The van der Waals surface area contributed by atoms with E-state index in [1.54, 1.807) is 36.4 Å². The van der Waals surface area contributed by atoms with Gasteiger partial charge in [-0.15, -0.1) is 0 Å². The van der Waals surface area contributed by atoms with Crippen LogP contribution < -0.4 is 10.4 Å². The van der Waals surface area contributed by atoms with Crippen molar-refractivity contribution in [1.82, 2.24) is 0 Å². The molecule has 0 bridgehead atoms. The summed E-state index contributed by atoms with van der Waals surface area (Å²) >= 11 is 0. The first-order chi connectivity index (χ1) is 9.09. The maximum absolute atomic E-state index is 11.1. The molecule has 0 aliphatic heterocycles. The van der Waals surface area contributed by atoms with Gasteiger partial charge < -0.3 is 20.3 Å². The molecule has 0 amide bonds. The van der Waals surface area contributed by atoms with E-state index in [9.17, 15) is 14.7 Å². The largest absolute Gasteiger partial charge is 0.545 e. The van der Waals surface area contributed by atoms with Crippen molar-refractivity contribution in [2.75, 3.05) is 5.32 Å². The molecule has 0 heterocycles. The molecule has 0 fully saturated rings. The highest BCUT2D eigenvalue weighted by atomic mass is 16.4. The number of hydrogen-bond acceptors (Lipinski definition) is 4. The van der Waals surface area contributed by atoms with Gasteiger partial charge in [-0.05, 0) is 18.2 Å². The van der Waals surface area contributed by atoms with E-state index in [0.717, 1.165) is 0 Å². The van der Waals surface area contributed by atoms with Crippen LogP contribution in [-0.4, -0.2) is 17.0 Å². The predicted molar refractivity (Wildman–Crippen MR) is 67.5 cm³/mol. The highest BCUT2D eigenvalue weighted by molar-refractivity contribution is 5.98. The van der Waals surface area contributed by atoms with Gasteiger partial charge in [0.05, 0.1) is 17.2 Å². The SMILES string of the molecule is O=C([O-])c1ccccc1Nc1ccccc1C(=O)O. The van der Waals surface area contributed by atoms with Gasteiger partial charge in [-0.25, -0.2) is 4.79 Å². The van der Waals surface area contributed by atoms with E-state index >= 15 is 0 Å². The monoisotopic (exact) mass is 256 g/mol. The van der Waals surface area contributed by atoms with E-state index in [-0.39, 0.29) is 16.8 Å². The maximum Gasteiger partial charge on any atom is 0.337 e. The molecule has 0 atom stereocenters. The van der Waals surface area contributed by atoms with Crippen molar-refractivity contribution < 1.29 is 19.8 Å². The van der Waals surface area contributed by atoms with E-state index in [1.807, 2.05) is 0 Å². The lowest BCUT2D eigenvalue weighted by molar-refractivity contribution is -0.254. The number of para-hydroxylation sites is 2. The second-order valence-electron chi connectivity index (χ2n) is 3.81. The fourth-order valence-corrected chi connectivity index (χ4v) is 1.69. The van der Waals surface area contributed by atoms with Crippen LogP contribution in [0, 0.1) is 0 Å². The first kappa shape index (κ1) is 12.6. The molecule has 5 heteroatoms. The molecule has 0 aromatic heterocycles. The quantitative estimate of drug-likeness (QED) is 0.865. The molecule has 2 aromatic carbocycles. The predicted octanol–water partition coefficient (Wildman–Crippen LogP) is 1.49. The molecule has 5 nitrogen and oxygen atoms in total. The van der Waals surface area contributed by atoms with E-state index in [4.69, 9.17) is 5.11 Å². The summed E-state index contributed by atoms with van der Waals surface area (Å²) in [5.74, 6) is -2.41. The van der Waals surface area contributed by atoms with Crippen molar-refractivity contribution in [1.29, 1.82) is 0 Å². The van der Waals surface area contributed by atoms with Crippen LogP contribution in [0.4, 0.5) is 11.4 Å². The fraction of sp³-hybridized carbons (Fsp3) is 0. The molecule has 96 valence electrons. The maximum atomic E-state index is 11.1. The average Bonchev–Trinajstić information content (AvgIpc) is 2.39. The standard InChI is InChI=1S/C14H11NO4/c16-13(17)9-5-1-3-7-11(9)15-12-8-4-2-6-10(12)14(18)19/h1-8,15H,(H,16,17)(H,18,19)/p-1. The highest BCUT2D eigenvalue weighted by Crippen LogP contribution is 2.23. The number of nitrogens with one attached hydrogen (secondary N) is 1. The van der Waals surface area contributed by atoms with Crippen molar-refractivity contribution in [2.45, 2.75) is 0 Å². The Balaban J connectivity index is 2.42. The molecule has 0 aliphatic carbocycles. The topological polar surface area (TPSA) is 89.5 Å². The lowest BCUT2D eigenvalue weighted by Gasteiger charge is -2.14. The summed E-state index contributed by atoms with van der Waals surface area (Å²) in [6.45, 7) is 0. The van der Waals surface area contributed by atoms with Crippen LogP contribution in [0.5, 0.6) is 0 Å². The fourth-order valence-electron chi connectivity index (χ4n) is 1.69. The zero-order chi connectivity index (χ0) is 13.8. The number of carboxylic acids is 2. The van der Waals surface area contributed by atoms with Gasteiger partial charge in [-0.3, -0.25) is 0 Å². The van der Waals surface area contributed by atoms with Gasteiger partial charge in [-0.1, -0.05) is 30.3 Å². The Morgan fingerprint density at radius 2 is 1.37 bits per heavy atom. The summed E-state index contributed by atoms with van der Waals surface area (Å²) in [7, 11) is 0. The summed E-state index contributed by atoms with van der Waals surface area (Å²) in [5.41, 5.74) is 0.651. The van der Waals surface area contributed by atoms with Gasteiger partial charge in [0.15, 0.2) is 0 Å². The Morgan fingerprint density at radius 1 is 0.895 bits per heavy atom. The molecule has 0 saturated carbocycles. The summed E-state index contributed by atoms with van der Waals surface area (Å²) in [6, 6.07) is 12.4. The Labute approximate surface area is 109 Å². The second-order valence-corrected chi connectivity index (χ2v) is 3.81. The third-order valence-electron chi connectivity index (χ3n) is 2.57. The number of anilines is 2. The zero-order valence-electron chi connectivity index (χ0n) is 9.79. The van der Waals surface area contributed by atoms with Crippen LogP contribution in [0.2, 0.25) is 0 Å². The molecule has 19 heavy (non-hydrogen) atoms. The van der Waals surface area contributed by atoms with Gasteiger partial charge in [-0.2, -0.15) is 0 Å². The minimum atomic E-state index is -1.32. The average molecular weight is 256 g/mol. The molecular formula is C14H10NO4-. The second kappa shape index (κ2) is 5.22. The van der Waals surface area contributed by atoms with Gasteiger partial charge in [0.1, 0.15) is 0 Å². The summed E-state index contributed by atoms with van der Waals surface area (Å²) < 4.78 is 0. The summed E-state index contributed by atoms with van der Waals surface area (Å²) in [6.07, 6.45) is 0. The third kappa shape index (κ3) is 2.71. The Hall–Kier alpha value is -2.82. The van der Waals surface area contributed by atoms with Gasteiger partial charge in [0.25, 0.3) is 0 Å². The smallest absolute Gasteiger partial charge is 0.337 e. The number of carbonyl (C=O) groups is 2. The van der Waals surface area contributed by atoms with Gasteiger partial charge in [0, 0.05) is 11.3 Å². The van der Waals surface area contributed by atoms with Crippen LogP contribution in [0.15, 0.2) is 48.5 Å². The number of rotatable bonds is 4. The molecule has 0 radical (unpaired) electrons. The van der Waals surface area contributed by atoms with Gasteiger partial charge >= 0.3 is 5.97 Å². The molecule has 2 N–H and O–H groups in total. The number of carbonyl (C=O) groups excluding carboxylic acids is 1. The normalized spacial score (nSPS) is 9.89. The minimum absolute atomic E-state index is 0.0253. The summed E-state index contributed by atoms with van der Waals surface area (Å²) in [4.78, 5) is 22.0. The molecule has 0 saturated heterocycles. The lowest BCUT2D eigenvalue weighted by Crippen LogP contribution is -2.23. The summed E-state index contributed by atoms with van der Waals surface area (Å²) in [5, 5.41) is 22.8. The number of benzene rings is 2. The van der Waals surface area contributed by atoms with E-state index in [2.05, 4.69) is 5.32 Å².